The molecule has 0 radical (unpaired) electrons. The summed E-state index contributed by atoms with van der Waals surface area (Å²) in [5.74, 6) is 0.102. The summed E-state index contributed by atoms with van der Waals surface area (Å²) in [4.78, 5) is 13.7. The predicted molar refractivity (Wildman–Crippen MR) is 56.9 cm³/mol. The first-order valence-electron chi connectivity index (χ1n) is 4.97. The minimum atomic E-state index is -0.406. The maximum Gasteiger partial charge on any atom is 0.240 e. The van der Waals surface area contributed by atoms with E-state index in [-0.39, 0.29) is 5.91 Å². The average Bonchev–Trinajstić information content (AvgIpc) is 2.13. The predicted octanol–water partition coefficient (Wildman–Crippen LogP) is -0.288. The molecule has 1 heterocycles. The van der Waals surface area contributed by atoms with Crippen molar-refractivity contribution in [2.24, 2.45) is 5.73 Å². The number of nitrogens with one attached hydrogen (secondary N) is 1. The number of rotatable bonds is 3. The van der Waals surface area contributed by atoms with Crippen LogP contribution in [-0.4, -0.2) is 42.5 Å². The second-order valence-electron chi connectivity index (χ2n) is 3.97. The van der Waals surface area contributed by atoms with Gasteiger partial charge in [-0.25, -0.2) is 0 Å². The van der Waals surface area contributed by atoms with Gasteiger partial charge < -0.3 is 11.1 Å². The molecule has 0 aromatic heterocycles. The van der Waals surface area contributed by atoms with Crippen LogP contribution in [-0.2, 0) is 4.79 Å². The second-order valence-corrected chi connectivity index (χ2v) is 3.97. The van der Waals surface area contributed by atoms with Crippen molar-refractivity contribution in [1.82, 2.24) is 10.2 Å². The molecule has 1 aliphatic rings. The molecular weight excluding hydrogens is 178 g/mol. The summed E-state index contributed by atoms with van der Waals surface area (Å²) in [6.07, 6.45) is 3.93. The molecule has 3 N–H and O–H groups in total. The molecule has 0 atom stereocenters. The first-order valence-corrected chi connectivity index (χ1v) is 4.97. The summed E-state index contributed by atoms with van der Waals surface area (Å²) in [6, 6.07) is 0. The van der Waals surface area contributed by atoms with E-state index in [1.54, 1.807) is 0 Å². The number of amides is 1. The van der Waals surface area contributed by atoms with Gasteiger partial charge in [0.05, 0.1) is 5.54 Å². The summed E-state index contributed by atoms with van der Waals surface area (Å²) in [5, 5.41) is 2.86. The lowest BCUT2D eigenvalue weighted by Gasteiger charge is -2.40. The summed E-state index contributed by atoms with van der Waals surface area (Å²) in [5.41, 5.74) is 4.95. The molecule has 1 amide bonds. The Labute approximate surface area is 85.1 Å². The molecule has 0 aromatic carbocycles. The highest BCUT2D eigenvalue weighted by Gasteiger charge is 2.36. The van der Waals surface area contributed by atoms with E-state index >= 15 is 0 Å². The Balaban J connectivity index is 2.58. The molecule has 4 heteroatoms. The van der Waals surface area contributed by atoms with E-state index in [0.29, 0.717) is 6.54 Å². The lowest BCUT2D eigenvalue weighted by atomic mass is 9.99. The highest BCUT2D eigenvalue weighted by molar-refractivity contribution is 5.86. The van der Waals surface area contributed by atoms with E-state index in [1.807, 2.05) is 26.0 Å². The standard InChI is InChI=1S/C10H19N3O/c1-10(2)9(14)12-6-8-13(10)7-4-3-5-11/h3-4H,5-8,11H2,1-2H3,(H,12,14). The van der Waals surface area contributed by atoms with Crippen LogP contribution in [0, 0.1) is 0 Å². The van der Waals surface area contributed by atoms with Gasteiger partial charge in [-0.05, 0) is 13.8 Å². The molecule has 14 heavy (non-hydrogen) atoms. The first kappa shape index (κ1) is 11.2. The fraction of sp³-hybridized carbons (Fsp3) is 0.700. The van der Waals surface area contributed by atoms with Gasteiger partial charge in [0.25, 0.3) is 0 Å². The monoisotopic (exact) mass is 197 g/mol. The molecule has 0 bridgehead atoms. The van der Waals surface area contributed by atoms with Gasteiger partial charge in [0.1, 0.15) is 0 Å². The molecule has 1 rings (SSSR count). The quantitative estimate of drug-likeness (QED) is 0.611. The van der Waals surface area contributed by atoms with Crippen LogP contribution in [0.4, 0.5) is 0 Å². The number of nitrogens with two attached hydrogens (primary N) is 1. The van der Waals surface area contributed by atoms with Crippen molar-refractivity contribution in [3.05, 3.63) is 12.2 Å². The topological polar surface area (TPSA) is 58.4 Å². The van der Waals surface area contributed by atoms with Crippen molar-refractivity contribution in [2.45, 2.75) is 19.4 Å². The van der Waals surface area contributed by atoms with Crippen LogP contribution in [0.15, 0.2) is 12.2 Å². The van der Waals surface area contributed by atoms with Crippen molar-refractivity contribution in [3.8, 4) is 0 Å². The zero-order valence-electron chi connectivity index (χ0n) is 8.92. The molecule has 0 saturated carbocycles. The van der Waals surface area contributed by atoms with E-state index in [0.717, 1.165) is 19.6 Å². The lowest BCUT2D eigenvalue weighted by Crippen LogP contribution is -2.61. The van der Waals surface area contributed by atoms with Crippen molar-refractivity contribution in [3.63, 3.8) is 0 Å². The van der Waals surface area contributed by atoms with Crippen molar-refractivity contribution < 1.29 is 4.79 Å². The minimum absolute atomic E-state index is 0.102. The van der Waals surface area contributed by atoms with Gasteiger partial charge in [-0.3, -0.25) is 9.69 Å². The molecule has 1 aliphatic heterocycles. The average molecular weight is 197 g/mol. The number of piperazine rings is 1. The SMILES string of the molecule is CC1(C)C(=O)NCCN1CC=CCN. The van der Waals surface area contributed by atoms with E-state index in [9.17, 15) is 4.79 Å². The third kappa shape index (κ3) is 2.33. The minimum Gasteiger partial charge on any atom is -0.353 e. The zero-order valence-corrected chi connectivity index (χ0v) is 8.92. The number of hydrogen-bond donors (Lipinski definition) is 2. The van der Waals surface area contributed by atoms with Gasteiger partial charge in [-0.2, -0.15) is 0 Å². The van der Waals surface area contributed by atoms with Crippen LogP contribution in [0.2, 0.25) is 0 Å². The van der Waals surface area contributed by atoms with Crippen LogP contribution >= 0.6 is 0 Å². The van der Waals surface area contributed by atoms with Crippen molar-refractivity contribution in [2.75, 3.05) is 26.2 Å². The van der Waals surface area contributed by atoms with Gasteiger partial charge in [-0.15, -0.1) is 0 Å². The lowest BCUT2D eigenvalue weighted by molar-refractivity contribution is -0.134. The molecule has 0 aromatic rings. The van der Waals surface area contributed by atoms with E-state index < -0.39 is 5.54 Å². The molecule has 80 valence electrons. The molecular formula is C10H19N3O. The Bertz CT molecular complexity index is 236. The van der Waals surface area contributed by atoms with Crippen molar-refractivity contribution >= 4 is 5.91 Å². The van der Waals surface area contributed by atoms with Gasteiger partial charge in [0, 0.05) is 26.2 Å². The van der Waals surface area contributed by atoms with Crippen LogP contribution in [0.5, 0.6) is 0 Å². The molecule has 0 unspecified atom stereocenters. The van der Waals surface area contributed by atoms with Gasteiger partial charge in [0.2, 0.25) is 5.91 Å². The van der Waals surface area contributed by atoms with Gasteiger partial charge >= 0.3 is 0 Å². The number of carbonyl (C=O) groups excluding carboxylic acids is 1. The summed E-state index contributed by atoms with van der Waals surface area (Å²) < 4.78 is 0. The van der Waals surface area contributed by atoms with Crippen LogP contribution in [0.3, 0.4) is 0 Å². The molecule has 1 fully saturated rings. The van der Waals surface area contributed by atoms with E-state index in [2.05, 4.69) is 10.2 Å². The van der Waals surface area contributed by atoms with E-state index in [4.69, 9.17) is 5.73 Å². The number of carbonyl (C=O) groups is 1. The fourth-order valence-electron chi connectivity index (χ4n) is 1.56. The smallest absolute Gasteiger partial charge is 0.240 e. The third-order valence-electron chi connectivity index (χ3n) is 2.64. The van der Waals surface area contributed by atoms with E-state index in [1.165, 1.54) is 0 Å². The molecule has 4 nitrogen and oxygen atoms in total. The number of nitrogens with zero attached hydrogens (tertiary/aromatic N) is 1. The van der Waals surface area contributed by atoms with Gasteiger partial charge in [-0.1, -0.05) is 12.2 Å². The Kier molecular flexibility index (Phi) is 3.66. The molecule has 1 saturated heterocycles. The Morgan fingerprint density at radius 3 is 2.93 bits per heavy atom. The number of hydrogen-bond acceptors (Lipinski definition) is 3. The van der Waals surface area contributed by atoms with Gasteiger partial charge in [0.15, 0.2) is 0 Å². The largest absolute Gasteiger partial charge is 0.353 e. The second kappa shape index (κ2) is 4.57. The normalized spacial score (nSPS) is 22.6. The summed E-state index contributed by atoms with van der Waals surface area (Å²) >= 11 is 0. The van der Waals surface area contributed by atoms with Crippen LogP contribution in [0.25, 0.3) is 0 Å². The maximum atomic E-state index is 11.6. The summed E-state index contributed by atoms with van der Waals surface area (Å²) in [7, 11) is 0. The summed E-state index contributed by atoms with van der Waals surface area (Å²) in [6.45, 7) is 6.86. The van der Waals surface area contributed by atoms with Crippen molar-refractivity contribution in [1.29, 1.82) is 0 Å². The van der Waals surface area contributed by atoms with Crippen LogP contribution in [0.1, 0.15) is 13.8 Å². The van der Waals surface area contributed by atoms with Crippen LogP contribution < -0.4 is 11.1 Å². The highest BCUT2D eigenvalue weighted by atomic mass is 16.2. The third-order valence-corrected chi connectivity index (χ3v) is 2.64. The Hall–Kier alpha value is -0.870. The molecule has 0 spiro atoms. The Morgan fingerprint density at radius 2 is 2.29 bits per heavy atom. The fourth-order valence-corrected chi connectivity index (χ4v) is 1.56. The molecule has 0 aliphatic carbocycles. The highest BCUT2D eigenvalue weighted by Crippen LogP contribution is 2.16. The zero-order chi connectivity index (χ0) is 10.6. The first-order chi connectivity index (χ1) is 6.59. The maximum absolute atomic E-state index is 11.6. The Morgan fingerprint density at radius 1 is 1.57 bits per heavy atom.